The molecule has 0 aliphatic carbocycles. The summed E-state index contributed by atoms with van der Waals surface area (Å²) in [5, 5.41) is 15.7. The zero-order valence-corrected chi connectivity index (χ0v) is 20.6. The monoisotopic (exact) mass is 523 g/mol. The van der Waals surface area contributed by atoms with Gasteiger partial charge in [0.1, 0.15) is 0 Å². The number of nitrogens with zero attached hydrogens (tertiary/aromatic N) is 3. The number of hydrogen-bond donors (Lipinski definition) is 2. The van der Waals surface area contributed by atoms with E-state index in [1.165, 1.54) is 11.8 Å². The molecule has 0 unspecified atom stereocenters. The van der Waals surface area contributed by atoms with E-state index in [-0.39, 0.29) is 22.6 Å². The summed E-state index contributed by atoms with van der Waals surface area (Å²) >= 11 is 19.2. The standard InChI is InChI=1S/C22H20Cl3N5O2S/c1-3-11-30-20(13(2)26-21(32)14-7-9-15(23)10-8-14)28-29-22(30)33-12-18(31)27-17-6-4-5-16(24)19(17)25/h3-10,13H,1,11-12H2,2H3,(H,26,32)(H,27,31)/t13-/m1/s1. The molecule has 1 heterocycles. The van der Waals surface area contributed by atoms with Crippen molar-refractivity contribution >= 4 is 64.1 Å². The molecule has 172 valence electrons. The van der Waals surface area contributed by atoms with Crippen molar-refractivity contribution in [2.45, 2.75) is 24.7 Å². The SMILES string of the molecule is C=CCn1c(SCC(=O)Nc2cccc(Cl)c2Cl)nnc1[C@@H](C)NC(=O)c1ccc(Cl)cc1. The number of halogens is 3. The van der Waals surface area contributed by atoms with Gasteiger partial charge in [-0.3, -0.25) is 9.59 Å². The average Bonchev–Trinajstić information content (AvgIpc) is 3.19. The van der Waals surface area contributed by atoms with E-state index in [2.05, 4.69) is 27.4 Å². The number of aromatic nitrogens is 3. The Labute approximate surface area is 210 Å². The van der Waals surface area contributed by atoms with Crippen molar-refractivity contribution in [3.63, 3.8) is 0 Å². The molecule has 11 heteroatoms. The largest absolute Gasteiger partial charge is 0.342 e. The van der Waals surface area contributed by atoms with Crippen LogP contribution in [0.2, 0.25) is 15.1 Å². The van der Waals surface area contributed by atoms with Crippen molar-refractivity contribution in [3.05, 3.63) is 81.6 Å². The normalized spacial score (nSPS) is 11.6. The molecule has 3 rings (SSSR count). The van der Waals surface area contributed by atoms with Crippen molar-refractivity contribution in [2.24, 2.45) is 0 Å². The van der Waals surface area contributed by atoms with Crippen LogP contribution in [0.3, 0.4) is 0 Å². The van der Waals surface area contributed by atoms with Gasteiger partial charge in [-0.05, 0) is 43.3 Å². The number of anilines is 1. The molecule has 0 saturated heterocycles. The van der Waals surface area contributed by atoms with E-state index in [9.17, 15) is 9.59 Å². The van der Waals surface area contributed by atoms with Crippen molar-refractivity contribution in [1.29, 1.82) is 0 Å². The Morgan fingerprint density at radius 3 is 2.58 bits per heavy atom. The Hall–Kier alpha value is -2.52. The number of nitrogens with one attached hydrogen (secondary N) is 2. The van der Waals surface area contributed by atoms with Crippen LogP contribution in [0.1, 0.15) is 29.1 Å². The molecule has 0 aliphatic heterocycles. The van der Waals surface area contributed by atoms with E-state index in [1.807, 2.05) is 0 Å². The number of carbonyl (C=O) groups is 2. The van der Waals surface area contributed by atoms with Crippen molar-refractivity contribution in [2.75, 3.05) is 11.1 Å². The maximum atomic E-state index is 12.5. The molecule has 3 aromatic rings. The van der Waals surface area contributed by atoms with Crippen LogP contribution in [-0.4, -0.2) is 32.3 Å². The molecule has 0 aliphatic rings. The number of rotatable bonds is 9. The predicted molar refractivity (Wildman–Crippen MR) is 133 cm³/mol. The lowest BCUT2D eigenvalue weighted by atomic mass is 10.2. The topological polar surface area (TPSA) is 88.9 Å². The Kier molecular flexibility index (Phi) is 8.80. The van der Waals surface area contributed by atoms with Gasteiger partial charge in [0.25, 0.3) is 5.91 Å². The second-order valence-electron chi connectivity index (χ2n) is 6.88. The van der Waals surface area contributed by atoms with Gasteiger partial charge in [0.05, 0.1) is 27.5 Å². The van der Waals surface area contributed by atoms with Crippen LogP contribution in [0.15, 0.2) is 60.3 Å². The van der Waals surface area contributed by atoms with Crippen molar-refractivity contribution in [1.82, 2.24) is 20.1 Å². The van der Waals surface area contributed by atoms with Gasteiger partial charge in [-0.1, -0.05) is 58.7 Å². The molecule has 2 aromatic carbocycles. The first-order valence-electron chi connectivity index (χ1n) is 9.77. The Balaban J connectivity index is 1.67. The summed E-state index contributed by atoms with van der Waals surface area (Å²) in [4.78, 5) is 25.0. The summed E-state index contributed by atoms with van der Waals surface area (Å²) in [6, 6.07) is 11.2. The third kappa shape index (κ3) is 6.51. The molecule has 33 heavy (non-hydrogen) atoms. The summed E-state index contributed by atoms with van der Waals surface area (Å²) in [7, 11) is 0. The van der Waals surface area contributed by atoms with Crippen molar-refractivity contribution < 1.29 is 9.59 Å². The lowest BCUT2D eigenvalue weighted by Crippen LogP contribution is -2.28. The van der Waals surface area contributed by atoms with Crippen LogP contribution in [0.4, 0.5) is 5.69 Å². The maximum absolute atomic E-state index is 12.5. The van der Waals surface area contributed by atoms with Crippen LogP contribution in [0.25, 0.3) is 0 Å². The molecule has 0 radical (unpaired) electrons. The number of hydrogen-bond acceptors (Lipinski definition) is 5. The average molecular weight is 525 g/mol. The van der Waals surface area contributed by atoms with Crippen LogP contribution in [-0.2, 0) is 11.3 Å². The fourth-order valence-corrected chi connectivity index (χ4v) is 4.12. The molecular weight excluding hydrogens is 505 g/mol. The second-order valence-corrected chi connectivity index (χ2v) is 9.04. The Morgan fingerprint density at radius 2 is 1.88 bits per heavy atom. The molecule has 7 nitrogen and oxygen atoms in total. The molecule has 1 atom stereocenters. The van der Waals surface area contributed by atoms with E-state index < -0.39 is 6.04 Å². The zero-order valence-electron chi connectivity index (χ0n) is 17.5. The van der Waals surface area contributed by atoms with Gasteiger partial charge in [0, 0.05) is 17.1 Å². The first-order chi connectivity index (χ1) is 15.8. The Morgan fingerprint density at radius 1 is 1.15 bits per heavy atom. The van der Waals surface area contributed by atoms with E-state index >= 15 is 0 Å². The third-order valence-corrected chi connectivity index (χ3v) is 6.49. The maximum Gasteiger partial charge on any atom is 0.251 e. The van der Waals surface area contributed by atoms with Gasteiger partial charge < -0.3 is 15.2 Å². The smallest absolute Gasteiger partial charge is 0.251 e. The van der Waals surface area contributed by atoms with E-state index in [0.717, 1.165) is 0 Å². The predicted octanol–water partition coefficient (Wildman–Crippen LogP) is 5.65. The highest BCUT2D eigenvalue weighted by Crippen LogP contribution is 2.30. The van der Waals surface area contributed by atoms with E-state index in [4.69, 9.17) is 34.8 Å². The summed E-state index contributed by atoms with van der Waals surface area (Å²) in [6.45, 7) is 5.99. The number of benzene rings is 2. The molecule has 0 fully saturated rings. The fourth-order valence-electron chi connectivity index (χ4n) is 2.89. The van der Waals surface area contributed by atoms with Crippen molar-refractivity contribution in [3.8, 4) is 0 Å². The van der Waals surface area contributed by atoms with E-state index in [0.29, 0.717) is 38.8 Å². The van der Waals surface area contributed by atoms with E-state index in [1.54, 1.807) is 60.0 Å². The highest BCUT2D eigenvalue weighted by Gasteiger charge is 2.20. The molecule has 1 aromatic heterocycles. The number of allylic oxidation sites excluding steroid dienone is 1. The van der Waals surface area contributed by atoms with Crippen LogP contribution < -0.4 is 10.6 Å². The number of thioether (sulfide) groups is 1. The molecule has 0 bridgehead atoms. The molecular formula is C22H20Cl3N5O2S. The highest BCUT2D eigenvalue weighted by molar-refractivity contribution is 7.99. The minimum absolute atomic E-state index is 0.0730. The number of amides is 2. The molecule has 2 amide bonds. The quantitative estimate of drug-likeness (QED) is 0.279. The van der Waals surface area contributed by atoms with Crippen LogP contribution >= 0.6 is 46.6 Å². The van der Waals surface area contributed by atoms with Gasteiger partial charge >= 0.3 is 0 Å². The minimum atomic E-state index is -0.436. The summed E-state index contributed by atoms with van der Waals surface area (Å²) in [5.41, 5.74) is 0.911. The fraction of sp³-hybridized carbons (Fsp3) is 0.182. The minimum Gasteiger partial charge on any atom is -0.342 e. The van der Waals surface area contributed by atoms with Gasteiger partial charge in [-0.25, -0.2) is 0 Å². The first-order valence-corrected chi connectivity index (χ1v) is 11.9. The summed E-state index contributed by atoms with van der Waals surface area (Å²) in [6.07, 6.45) is 1.69. The summed E-state index contributed by atoms with van der Waals surface area (Å²) in [5.74, 6) is 0.0733. The van der Waals surface area contributed by atoms with Gasteiger partial charge in [-0.2, -0.15) is 0 Å². The zero-order chi connectivity index (χ0) is 24.0. The summed E-state index contributed by atoms with van der Waals surface area (Å²) < 4.78 is 1.80. The third-order valence-electron chi connectivity index (χ3n) is 4.46. The van der Waals surface area contributed by atoms with Crippen LogP contribution in [0.5, 0.6) is 0 Å². The lowest BCUT2D eigenvalue weighted by molar-refractivity contribution is -0.113. The van der Waals surface area contributed by atoms with Gasteiger partial charge in [0.2, 0.25) is 5.91 Å². The molecule has 0 spiro atoms. The van der Waals surface area contributed by atoms with Gasteiger partial charge in [-0.15, -0.1) is 16.8 Å². The number of carbonyl (C=O) groups excluding carboxylic acids is 2. The van der Waals surface area contributed by atoms with Gasteiger partial charge in [0.15, 0.2) is 11.0 Å². The second kappa shape index (κ2) is 11.6. The Bertz CT molecular complexity index is 1170. The molecule has 0 saturated carbocycles. The molecule has 2 N–H and O–H groups in total. The highest BCUT2D eigenvalue weighted by atomic mass is 35.5. The van der Waals surface area contributed by atoms with Crippen LogP contribution in [0, 0.1) is 0 Å². The first kappa shape index (κ1) is 25.1. The lowest BCUT2D eigenvalue weighted by Gasteiger charge is -2.15.